The van der Waals surface area contributed by atoms with Crippen LogP contribution in [0.4, 0.5) is 0 Å². The van der Waals surface area contributed by atoms with E-state index in [0.29, 0.717) is 21.8 Å². The van der Waals surface area contributed by atoms with Crippen molar-refractivity contribution in [2.45, 2.75) is 10.9 Å². The van der Waals surface area contributed by atoms with Crippen molar-refractivity contribution in [3.63, 3.8) is 0 Å². The Hall–Kier alpha value is -3.62. The van der Waals surface area contributed by atoms with E-state index in [4.69, 9.17) is 21.4 Å². The third kappa shape index (κ3) is 5.60. The van der Waals surface area contributed by atoms with Crippen LogP contribution in [0.2, 0.25) is 5.02 Å². The molecule has 33 heavy (non-hydrogen) atoms. The number of thioether (sulfide) groups is 1. The molecule has 0 fully saturated rings. The smallest absolute Gasteiger partial charge is 0.335 e. The number of aromatic carboxylic acids is 1. The molecule has 0 radical (unpaired) electrons. The van der Waals surface area contributed by atoms with E-state index in [1.807, 2.05) is 36.4 Å². The standard InChI is InChI=1S/C24H19ClN4O3S/c1-32-21-12-4-16(5-13-21)14-26-29-22(18-8-10-20(25)11-9-18)27-28-24(29)33-15-17-2-6-19(7-3-17)23(30)31/h2-14H,15H2,1H3,(H,30,31). The molecule has 0 aliphatic rings. The van der Waals surface area contributed by atoms with E-state index in [1.165, 1.54) is 11.8 Å². The summed E-state index contributed by atoms with van der Waals surface area (Å²) in [5.41, 5.74) is 2.94. The van der Waals surface area contributed by atoms with Crippen LogP contribution in [0.25, 0.3) is 11.4 Å². The molecule has 0 bridgehead atoms. The van der Waals surface area contributed by atoms with Crippen molar-refractivity contribution in [1.29, 1.82) is 0 Å². The van der Waals surface area contributed by atoms with E-state index in [0.717, 1.165) is 22.4 Å². The number of carboxylic acids is 1. The second-order valence-electron chi connectivity index (χ2n) is 6.93. The third-order valence-corrected chi connectivity index (χ3v) is 5.96. The highest BCUT2D eigenvalue weighted by atomic mass is 35.5. The van der Waals surface area contributed by atoms with E-state index in [2.05, 4.69) is 15.3 Å². The van der Waals surface area contributed by atoms with E-state index in [-0.39, 0.29) is 5.56 Å². The van der Waals surface area contributed by atoms with Gasteiger partial charge in [-0.25, -0.2) is 4.79 Å². The van der Waals surface area contributed by atoms with Crippen molar-refractivity contribution in [1.82, 2.24) is 14.9 Å². The number of benzene rings is 3. The maximum atomic E-state index is 11.1. The molecule has 4 rings (SSSR count). The molecule has 0 amide bonds. The zero-order valence-corrected chi connectivity index (χ0v) is 19.1. The number of rotatable bonds is 8. The maximum Gasteiger partial charge on any atom is 0.335 e. The van der Waals surface area contributed by atoms with Gasteiger partial charge in [0.2, 0.25) is 5.16 Å². The molecule has 3 aromatic carbocycles. The van der Waals surface area contributed by atoms with Crippen LogP contribution < -0.4 is 4.74 Å². The fourth-order valence-electron chi connectivity index (χ4n) is 2.94. The average Bonchev–Trinajstić information content (AvgIpc) is 3.25. The first-order valence-electron chi connectivity index (χ1n) is 9.88. The topological polar surface area (TPSA) is 89.6 Å². The molecule has 0 aliphatic carbocycles. The Labute approximate surface area is 199 Å². The van der Waals surface area contributed by atoms with Crippen LogP contribution in [-0.4, -0.2) is 39.3 Å². The van der Waals surface area contributed by atoms with Crippen LogP contribution in [0, 0.1) is 0 Å². The molecule has 166 valence electrons. The first-order valence-corrected chi connectivity index (χ1v) is 11.2. The zero-order chi connectivity index (χ0) is 23.2. The minimum atomic E-state index is -0.950. The highest BCUT2D eigenvalue weighted by Crippen LogP contribution is 2.27. The second-order valence-corrected chi connectivity index (χ2v) is 8.31. The number of halogens is 1. The Morgan fingerprint density at radius 3 is 2.39 bits per heavy atom. The van der Waals surface area contributed by atoms with Gasteiger partial charge in [-0.15, -0.1) is 10.2 Å². The number of ether oxygens (including phenoxy) is 1. The van der Waals surface area contributed by atoms with Gasteiger partial charge in [-0.05, 0) is 71.8 Å². The molecule has 0 unspecified atom stereocenters. The minimum absolute atomic E-state index is 0.251. The quantitative estimate of drug-likeness (QED) is 0.266. The average molecular weight is 479 g/mol. The molecule has 0 spiro atoms. The van der Waals surface area contributed by atoms with E-state index in [9.17, 15) is 4.79 Å². The lowest BCUT2D eigenvalue weighted by atomic mass is 10.1. The van der Waals surface area contributed by atoms with Gasteiger partial charge in [0.05, 0.1) is 18.9 Å². The second kappa shape index (κ2) is 10.3. The molecule has 0 saturated carbocycles. The van der Waals surface area contributed by atoms with Gasteiger partial charge in [-0.2, -0.15) is 9.78 Å². The summed E-state index contributed by atoms with van der Waals surface area (Å²) in [6.07, 6.45) is 1.73. The predicted octanol–water partition coefficient (Wildman–Crippen LogP) is 5.48. The Kier molecular flexibility index (Phi) is 7.07. The Morgan fingerprint density at radius 2 is 1.76 bits per heavy atom. The number of methoxy groups -OCH3 is 1. The number of aromatic nitrogens is 3. The normalized spacial score (nSPS) is 11.1. The first kappa shape index (κ1) is 22.6. The van der Waals surface area contributed by atoms with E-state index < -0.39 is 5.97 Å². The Bertz CT molecular complexity index is 1270. The summed E-state index contributed by atoms with van der Waals surface area (Å²) in [6.45, 7) is 0. The van der Waals surface area contributed by atoms with Crippen LogP contribution in [0.15, 0.2) is 83.1 Å². The lowest BCUT2D eigenvalue weighted by molar-refractivity contribution is 0.0697. The maximum absolute atomic E-state index is 11.1. The number of hydrogen-bond acceptors (Lipinski definition) is 6. The van der Waals surface area contributed by atoms with E-state index in [1.54, 1.807) is 54.4 Å². The summed E-state index contributed by atoms with van der Waals surface area (Å²) in [4.78, 5) is 11.1. The molecular weight excluding hydrogens is 460 g/mol. The SMILES string of the molecule is COc1ccc(C=Nn2c(SCc3ccc(C(=O)O)cc3)nnc2-c2ccc(Cl)cc2)cc1. The van der Waals surface area contributed by atoms with E-state index >= 15 is 0 Å². The highest BCUT2D eigenvalue weighted by Gasteiger charge is 2.14. The molecule has 0 aliphatic heterocycles. The van der Waals surface area contributed by atoms with Gasteiger partial charge >= 0.3 is 5.97 Å². The Morgan fingerprint density at radius 1 is 1.06 bits per heavy atom. The monoisotopic (exact) mass is 478 g/mol. The Balaban J connectivity index is 1.62. The number of hydrogen-bond donors (Lipinski definition) is 1. The zero-order valence-electron chi connectivity index (χ0n) is 17.6. The molecule has 1 heterocycles. The summed E-state index contributed by atoms with van der Waals surface area (Å²) in [5, 5.41) is 23.6. The van der Waals surface area contributed by atoms with Gasteiger partial charge in [0.15, 0.2) is 5.82 Å². The lowest BCUT2D eigenvalue weighted by Gasteiger charge is -2.06. The van der Waals surface area contributed by atoms with Gasteiger partial charge in [0, 0.05) is 16.3 Å². The van der Waals surface area contributed by atoms with Crippen molar-refractivity contribution in [3.05, 3.63) is 94.5 Å². The van der Waals surface area contributed by atoms with Crippen LogP contribution in [0.3, 0.4) is 0 Å². The van der Waals surface area contributed by atoms with Gasteiger partial charge in [0.1, 0.15) is 5.75 Å². The third-order valence-electron chi connectivity index (χ3n) is 4.72. The van der Waals surface area contributed by atoms with Crippen molar-refractivity contribution in [3.8, 4) is 17.1 Å². The van der Waals surface area contributed by atoms with Gasteiger partial charge in [0.25, 0.3) is 0 Å². The molecule has 0 atom stereocenters. The number of nitrogens with zero attached hydrogens (tertiary/aromatic N) is 4. The summed E-state index contributed by atoms with van der Waals surface area (Å²) >= 11 is 7.49. The fourth-order valence-corrected chi connectivity index (χ4v) is 3.91. The highest BCUT2D eigenvalue weighted by molar-refractivity contribution is 7.98. The van der Waals surface area contributed by atoms with Crippen LogP contribution >= 0.6 is 23.4 Å². The van der Waals surface area contributed by atoms with Crippen molar-refractivity contribution in [2.24, 2.45) is 5.10 Å². The summed E-state index contributed by atoms with van der Waals surface area (Å²) in [5.74, 6) is 0.981. The van der Waals surface area contributed by atoms with Gasteiger partial charge < -0.3 is 9.84 Å². The molecule has 1 aromatic heterocycles. The number of carboxylic acid groups (broad SMARTS) is 1. The minimum Gasteiger partial charge on any atom is -0.497 e. The van der Waals surface area contributed by atoms with Crippen LogP contribution in [-0.2, 0) is 5.75 Å². The molecule has 9 heteroatoms. The molecule has 0 saturated heterocycles. The number of carbonyl (C=O) groups is 1. The lowest BCUT2D eigenvalue weighted by Crippen LogP contribution is -1.98. The summed E-state index contributed by atoms with van der Waals surface area (Å²) < 4.78 is 6.89. The van der Waals surface area contributed by atoms with Crippen molar-refractivity contribution in [2.75, 3.05) is 7.11 Å². The first-order chi connectivity index (χ1) is 16.0. The van der Waals surface area contributed by atoms with Gasteiger partial charge in [-0.3, -0.25) is 0 Å². The van der Waals surface area contributed by atoms with Gasteiger partial charge in [-0.1, -0.05) is 35.5 Å². The summed E-state index contributed by atoms with van der Waals surface area (Å²) in [6, 6.07) is 21.6. The molecule has 1 N–H and O–H groups in total. The van der Waals surface area contributed by atoms with Crippen LogP contribution in [0.1, 0.15) is 21.5 Å². The fraction of sp³-hybridized carbons (Fsp3) is 0.0833. The molecule has 4 aromatic rings. The van der Waals surface area contributed by atoms with Crippen molar-refractivity contribution >= 4 is 35.5 Å². The molecule has 7 nitrogen and oxygen atoms in total. The molecular formula is C24H19ClN4O3S. The van der Waals surface area contributed by atoms with Crippen molar-refractivity contribution < 1.29 is 14.6 Å². The summed E-state index contributed by atoms with van der Waals surface area (Å²) in [7, 11) is 1.62. The predicted molar refractivity (Wildman–Crippen MR) is 129 cm³/mol. The van der Waals surface area contributed by atoms with Crippen LogP contribution in [0.5, 0.6) is 5.75 Å². The largest absolute Gasteiger partial charge is 0.497 e.